The summed E-state index contributed by atoms with van der Waals surface area (Å²) >= 11 is 0. The van der Waals surface area contributed by atoms with Crippen LogP contribution in [0.15, 0.2) is 18.2 Å². The van der Waals surface area contributed by atoms with E-state index < -0.39 is 5.60 Å². The molecule has 3 heterocycles. The van der Waals surface area contributed by atoms with Crippen molar-refractivity contribution in [2.75, 3.05) is 39.8 Å². The Morgan fingerprint density at radius 3 is 2.75 bits per heavy atom. The number of hydrogen-bond acceptors (Lipinski definition) is 5. The van der Waals surface area contributed by atoms with Gasteiger partial charge in [-0.25, -0.2) is 0 Å². The molecule has 1 N–H and O–H groups in total. The number of hydrogen-bond donors (Lipinski definition) is 1. The minimum absolute atomic E-state index is 0.00889. The van der Waals surface area contributed by atoms with E-state index in [4.69, 9.17) is 9.47 Å². The molecule has 0 saturated carbocycles. The maximum Gasteiger partial charge on any atom is 0.255 e. The fraction of sp³-hybridized carbons (Fsp3) is 0.625. The van der Waals surface area contributed by atoms with Gasteiger partial charge in [0.25, 0.3) is 5.91 Å². The highest BCUT2D eigenvalue weighted by Crippen LogP contribution is 2.35. The zero-order valence-electron chi connectivity index (χ0n) is 19.2. The Bertz CT molecular complexity index is 915. The van der Waals surface area contributed by atoms with Crippen LogP contribution in [0.2, 0.25) is 0 Å². The molecule has 1 aromatic rings. The number of piperidine rings is 1. The summed E-state index contributed by atoms with van der Waals surface area (Å²) in [7, 11) is 1.55. The van der Waals surface area contributed by atoms with Crippen LogP contribution in [0.4, 0.5) is 0 Å². The molecule has 1 unspecified atom stereocenters. The second-order valence-electron chi connectivity index (χ2n) is 9.98. The number of benzene rings is 1. The van der Waals surface area contributed by atoms with Crippen molar-refractivity contribution in [2.45, 2.75) is 51.6 Å². The van der Waals surface area contributed by atoms with Gasteiger partial charge in [0, 0.05) is 32.5 Å². The van der Waals surface area contributed by atoms with Gasteiger partial charge in [0.15, 0.2) is 0 Å². The Hall–Kier alpha value is -2.77. The van der Waals surface area contributed by atoms with Gasteiger partial charge in [-0.1, -0.05) is 13.8 Å². The zero-order chi connectivity index (χ0) is 22.9. The summed E-state index contributed by atoms with van der Waals surface area (Å²) in [6, 6.07) is 5.17. The third kappa shape index (κ3) is 4.69. The number of ether oxygens (including phenoxy) is 2. The summed E-state index contributed by atoms with van der Waals surface area (Å²) in [6.45, 7) is 6.68. The molecule has 1 aromatic carbocycles. The molecule has 1 spiro atoms. The lowest BCUT2D eigenvalue weighted by Gasteiger charge is -2.39. The van der Waals surface area contributed by atoms with Crippen LogP contribution in [-0.4, -0.2) is 73.0 Å². The Balaban J connectivity index is 1.46. The minimum atomic E-state index is -0.684. The van der Waals surface area contributed by atoms with Gasteiger partial charge in [-0.2, -0.15) is 0 Å². The summed E-state index contributed by atoms with van der Waals surface area (Å²) in [5.41, 5.74) is -0.143. The first kappa shape index (κ1) is 22.4. The smallest absolute Gasteiger partial charge is 0.255 e. The summed E-state index contributed by atoms with van der Waals surface area (Å²) in [6.07, 6.45) is 3.41. The Morgan fingerprint density at radius 1 is 1.19 bits per heavy atom. The van der Waals surface area contributed by atoms with Crippen LogP contribution in [0, 0.1) is 5.41 Å². The number of carbonyl (C=O) groups excluding carboxylic acids is 3. The molecule has 0 aromatic heterocycles. The Morgan fingerprint density at radius 2 is 2.00 bits per heavy atom. The zero-order valence-corrected chi connectivity index (χ0v) is 19.2. The van der Waals surface area contributed by atoms with Crippen molar-refractivity contribution in [3.05, 3.63) is 23.8 Å². The van der Waals surface area contributed by atoms with E-state index in [1.54, 1.807) is 30.2 Å². The lowest BCUT2D eigenvalue weighted by atomic mass is 9.84. The van der Waals surface area contributed by atoms with Crippen LogP contribution in [0.25, 0.3) is 0 Å². The van der Waals surface area contributed by atoms with E-state index in [2.05, 4.69) is 19.2 Å². The molecule has 2 saturated heterocycles. The van der Waals surface area contributed by atoms with Gasteiger partial charge in [-0.15, -0.1) is 0 Å². The molecule has 8 heteroatoms. The van der Waals surface area contributed by atoms with Crippen LogP contribution in [0.3, 0.4) is 0 Å². The maximum atomic E-state index is 12.9. The number of methoxy groups -OCH3 is 1. The van der Waals surface area contributed by atoms with E-state index in [1.807, 2.05) is 4.90 Å². The van der Waals surface area contributed by atoms with Crippen molar-refractivity contribution in [1.29, 1.82) is 0 Å². The topological polar surface area (TPSA) is 88.2 Å². The number of rotatable bonds is 3. The number of nitrogens with one attached hydrogen (secondary N) is 1. The fourth-order valence-electron chi connectivity index (χ4n) is 4.94. The van der Waals surface area contributed by atoms with Crippen molar-refractivity contribution in [1.82, 2.24) is 15.1 Å². The third-order valence-corrected chi connectivity index (χ3v) is 6.89. The molecule has 3 amide bonds. The molecule has 2 fully saturated rings. The molecule has 4 rings (SSSR count). The minimum Gasteiger partial charge on any atom is -0.497 e. The van der Waals surface area contributed by atoms with Crippen LogP contribution in [0.1, 0.15) is 56.3 Å². The monoisotopic (exact) mass is 443 g/mol. The highest BCUT2D eigenvalue weighted by molar-refractivity contribution is 5.97. The molecule has 3 aliphatic rings. The molecule has 0 aliphatic carbocycles. The number of likely N-dealkylation sites (tertiary alicyclic amines) is 2. The largest absolute Gasteiger partial charge is 0.497 e. The molecular weight excluding hydrogens is 410 g/mol. The van der Waals surface area contributed by atoms with Crippen molar-refractivity contribution >= 4 is 17.7 Å². The average Bonchev–Trinajstić information content (AvgIpc) is 3.00. The van der Waals surface area contributed by atoms with E-state index in [0.717, 1.165) is 25.9 Å². The molecule has 0 bridgehead atoms. The van der Waals surface area contributed by atoms with Crippen LogP contribution >= 0.6 is 0 Å². The molecule has 0 radical (unpaired) electrons. The van der Waals surface area contributed by atoms with Gasteiger partial charge in [-0.05, 0) is 42.9 Å². The van der Waals surface area contributed by atoms with Gasteiger partial charge in [-0.3, -0.25) is 14.4 Å². The van der Waals surface area contributed by atoms with Gasteiger partial charge in [0.05, 0.1) is 25.8 Å². The number of fused-ring (bicyclic) bond motifs is 1. The quantitative estimate of drug-likeness (QED) is 0.774. The first-order valence-corrected chi connectivity index (χ1v) is 11.4. The fourth-order valence-corrected chi connectivity index (χ4v) is 4.94. The van der Waals surface area contributed by atoms with Crippen LogP contribution < -0.4 is 14.8 Å². The summed E-state index contributed by atoms with van der Waals surface area (Å²) in [5.74, 6) is 0.828. The van der Waals surface area contributed by atoms with Gasteiger partial charge in [0.2, 0.25) is 11.8 Å². The van der Waals surface area contributed by atoms with Crippen molar-refractivity contribution in [3.63, 3.8) is 0 Å². The second-order valence-corrected chi connectivity index (χ2v) is 9.98. The predicted molar refractivity (Wildman–Crippen MR) is 119 cm³/mol. The molecule has 3 aliphatic heterocycles. The van der Waals surface area contributed by atoms with E-state index >= 15 is 0 Å². The second kappa shape index (κ2) is 8.64. The number of amides is 3. The van der Waals surface area contributed by atoms with E-state index in [1.165, 1.54) is 0 Å². The first-order valence-electron chi connectivity index (χ1n) is 11.4. The van der Waals surface area contributed by atoms with Gasteiger partial charge >= 0.3 is 0 Å². The predicted octanol–water partition coefficient (Wildman–Crippen LogP) is 2.22. The SMILES string of the molecule is COc1ccc2c(c1)C(=O)NCC1(CCC(=O)N(CC(=O)N3CCCC(C)(C)C3)CC1)O2. The summed E-state index contributed by atoms with van der Waals surface area (Å²) < 4.78 is 11.6. The van der Waals surface area contributed by atoms with Crippen LogP contribution in [0.5, 0.6) is 11.5 Å². The first-order chi connectivity index (χ1) is 15.2. The Labute approximate surface area is 189 Å². The highest BCUT2D eigenvalue weighted by Gasteiger charge is 2.41. The molecule has 8 nitrogen and oxygen atoms in total. The molecule has 174 valence electrons. The van der Waals surface area contributed by atoms with E-state index in [9.17, 15) is 14.4 Å². The third-order valence-electron chi connectivity index (χ3n) is 6.89. The molecule has 32 heavy (non-hydrogen) atoms. The van der Waals surface area contributed by atoms with Crippen molar-refractivity contribution in [2.24, 2.45) is 5.41 Å². The summed E-state index contributed by atoms with van der Waals surface area (Å²) in [5, 5.41) is 2.95. The molecular formula is C24H33N3O5. The number of carbonyl (C=O) groups is 3. The standard InChI is InChI=1S/C24H33N3O5/c1-23(2)8-4-11-27(16-23)21(29)14-26-12-10-24(9-7-20(26)28)15-25-22(30)18-13-17(31-3)5-6-19(18)32-24/h5-6,13H,4,7-12,14-16H2,1-3H3,(H,25,30). The van der Waals surface area contributed by atoms with Crippen molar-refractivity contribution < 1.29 is 23.9 Å². The Kier molecular flexibility index (Phi) is 6.05. The average molecular weight is 444 g/mol. The number of nitrogens with zero attached hydrogens (tertiary/aromatic N) is 2. The molecule has 1 atom stereocenters. The lowest BCUT2D eigenvalue weighted by molar-refractivity contribution is -0.142. The summed E-state index contributed by atoms with van der Waals surface area (Å²) in [4.78, 5) is 42.0. The van der Waals surface area contributed by atoms with Gasteiger partial charge < -0.3 is 24.6 Å². The highest BCUT2D eigenvalue weighted by atomic mass is 16.5. The van der Waals surface area contributed by atoms with E-state index in [0.29, 0.717) is 43.0 Å². The van der Waals surface area contributed by atoms with E-state index in [-0.39, 0.29) is 36.1 Å². The lowest BCUT2D eigenvalue weighted by Crippen LogP contribution is -2.49. The normalized spacial score (nSPS) is 25.3. The van der Waals surface area contributed by atoms with Crippen LogP contribution in [-0.2, 0) is 9.59 Å². The van der Waals surface area contributed by atoms with Crippen molar-refractivity contribution in [3.8, 4) is 11.5 Å². The van der Waals surface area contributed by atoms with Gasteiger partial charge in [0.1, 0.15) is 17.1 Å². The maximum absolute atomic E-state index is 12.9.